The van der Waals surface area contributed by atoms with E-state index in [4.69, 9.17) is 10.5 Å². The second-order valence-electron chi connectivity index (χ2n) is 4.12. The maximum Gasteiger partial charge on any atom is 0.268 e. The van der Waals surface area contributed by atoms with Gasteiger partial charge >= 0.3 is 0 Å². The predicted molar refractivity (Wildman–Crippen MR) is 73.9 cm³/mol. The third-order valence-corrected chi connectivity index (χ3v) is 3.62. The molecule has 6 heteroatoms. The van der Waals surface area contributed by atoms with Crippen molar-refractivity contribution in [2.45, 2.75) is 25.7 Å². The summed E-state index contributed by atoms with van der Waals surface area (Å²) < 4.78 is 5.78. The van der Waals surface area contributed by atoms with Gasteiger partial charge in [-0.1, -0.05) is 12.8 Å². The quantitative estimate of drug-likeness (QED) is 0.766. The zero-order valence-corrected chi connectivity index (χ0v) is 11.0. The number of nitrogens with one attached hydrogen (secondary N) is 1. The van der Waals surface area contributed by atoms with Crippen molar-refractivity contribution in [1.82, 2.24) is 9.97 Å². The first kappa shape index (κ1) is 13.0. The number of ether oxygens (including phenoxy) is 1. The lowest BCUT2D eigenvalue weighted by atomic mass is 10.2. The third kappa shape index (κ3) is 3.54. The number of H-pyrrole nitrogens is 1. The number of thiophene rings is 1. The van der Waals surface area contributed by atoms with Crippen molar-refractivity contribution in [2.75, 3.05) is 18.9 Å². The van der Waals surface area contributed by atoms with Crippen LogP contribution in [0.4, 0.5) is 5.00 Å². The van der Waals surface area contributed by atoms with E-state index in [2.05, 4.69) is 9.97 Å². The first-order valence-electron chi connectivity index (χ1n) is 6.08. The Morgan fingerprint density at radius 2 is 2.00 bits per heavy atom. The second-order valence-corrected chi connectivity index (χ2v) is 5.21. The van der Waals surface area contributed by atoms with Crippen LogP contribution in [0.2, 0.25) is 0 Å². The average Bonchev–Trinajstić information content (AvgIpc) is 2.58. The zero-order valence-electron chi connectivity index (χ0n) is 10.1. The van der Waals surface area contributed by atoms with Crippen molar-refractivity contribution in [2.24, 2.45) is 0 Å². The van der Waals surface area contributed by atoms with Crippen LogP contribution in [0.15, 0.2) is 17.2 Å². The number of hydrogen-bond acceptors (Lipinski definition) is 5. The fraction of sp³-hybridized carbons (Fsp3) is 0.500. The number of rotatable bonds is 0. The highest BCUT2D eigenvalue weighted by Gasteiger charge is 2.01. The Hall–Kier alpha value is -1.40. The minimum atomic E-state index is -0.128. The monoisotopic (exact) mass is 267 g/mol. The van der Waals surface area contributed by atoms with Gasteiger partial charge < -0.3 is 15.5 Å². The molecule has 98 valence electrons. The minimum absolute atomic E-state index is 0.128. The highest BCUT2D eigenvalue weighted by molar-refractivity contribution is 7.22. The van der Waals surface area contributed by atoms with Gasteiger partial charge in [-0.25, -0.2) is 4.98 Å². The highest BCUT2D eigenvalue weighted by atomic mass is 32.1. The van der Waals surface area contributed by atoms with Crippen LogP contribution in [0, 0.1) is 0 Å². The van der Waals surface area contributed by atoms with Crippen molar-refractivity contribution in [3.05, 3.63) is 22.7 Å². The molecule has 3 heterocycles. The van der Waals surface area contributed by atoms with Gasteiger partial charge in [0, 0.05) is 13.2 Å². The number of hydrogen-bond donors (Lipinski definition) is 2. The summed E-state index contributed by atoms with van der Waals surface area (Å²) in [6, 6.07) is 1.69. The van der Waals surface area contributed by atoms with E-state index in [1.54, 1.807) is 6.07 Å². The van der Waals surface area contributed by atoms with Crippen molar-refractivity contribution in [3.8, 4) is 0 Å². The molecule has 0 atom stereocenters. The van der Waals surface area contributed by atoms with Crippen LogP contribution in [0.3, 0.4) is 0 Å². The van der Waals surface area contributed by atoms with Gasteiger partial charge in [-0.3, -0.25) is 4.79 Å². The standard InChI is InChI=1S/C6H5N3OS.C6H12O/c7-4-1-3-5(11-4)6(10)9-2-8-3;1-2-4-6-7-5-3-1/h1-2H,7H2,(H,8,9,10);1-6H2. The van der Waals surface area contributed by atoms with Gasteiger partial charge in [0.2, 0.25) is 0 Å². The van der Waals surface area contributed by atoms with Gasteiger partial charge in [-0.15, -0.1) is 11.3 Å². The van der Waals surface area contributed by atoms with Gasteiger partial charge in [0.25, 0.3) is 5.56 Å². The van der Waals surface area contributed by atoms with Crippen molar-refractivity contribution in [3.63, 3.8) is 0 Å². The lowest BCUT2D eigenvalue weighted by Gasteiger charge is -1.91. The SMILES string of the molecule is C1CCCOCC1.Nc1cc2nc[nH]c(=O)c2s1. The fourth-order valence-electron chi connectivity index (χ4n) is 1.75. The van der Waals surface area contributed by atoms with Crippen LogP contribution in [0.1, 0.15) is 25.7 Å². The number of fused-ring (bicyclic) bond motifs is 1. The van der Waals surface area contributed by atoms with Crippen molar-refractivity contribution < 1.29 is 4.74 Å². The second kappa shape index (κ2) is 6.51. The molecule has 1 saturated heterocycles. The predicted octanol–water partition coefficient (Wildman–Crippen LogP) is 2.14. The van der Waals surface area contributed by atoms with Gasteiger partial charge in [0.1, 0.15) is 4.70 Å². The molecule has 1 fully saturated rings. The van der Waals surface area contributed by atoms with E-state index < -0.39 is 0 Å². The van der Waals surface area contributed by atoms with Gasteiger partial charge in [-0.05, 0) is 18.9 Å². The zero-order chi connectivity index (χ0) is 12.8. The number of aromatic amines is 1. The highest BCUT2D eigenvalue weighted by Crippen LogP contribution is 2.21. The molecular weight excluding hydrogens is 250 g/mol. The molecule has 0 saturated carbocycles. The smallest absolute Gasteiger partial charge is 0.268 e. The first-order chi connectivity index (χ1) is 8.77. The van der Waals surface area contributed by atoms with E-state index in [0.717, 1.165) is 13.2 Å². The third-order valence-electron chi connectivity index (χ3n) is 2.66. The van der Waals surface area contributed by atoms with Crippen LogP contribution in [-0.4, -0.2) is 23.2 Å². The van der Waals surface area contributed by atoms with E-state index in [9.17, 15) is 4.79 Å². The Bertz CT molecular complexity index is 530. The lowest BCUT2D eigenvalue weighted by Crippen LogP contribution is -2.02. The summed E-state index contributed by atoms with van der Waals surface area (Å²) in [5.74, 6) is 0. The normalized spacial score (nSPS) is 15.8. The van der Waals surface area contributed by atoms with Crippen LogP contribution in [-0.2, 0) is 4.74 Å². The Morgan fingerprint density at radius 3 is 2.67 bits per heavy atom. The minimum Gasteiger partial charge on any atom is -0.391 e. The molecule has 18 heavy (non-hydrogen) atoms. The Balaban J connectivity index is 0.000000149. The Kier molecular flexibility index (Phi) is 4.72. The fourth-order valence-corrected chi connectivity index (χ4v) is 2.52. The largest absolute Gasteiger partial charge is 0.391 e. The molecule has 0 aromatic carbocycles. The molecule has 0 radical (unpaired) electrons. The molecular formula is C12H17N3O2S. The van der Waals surface area contributed by atoms with E-state index in [1.807, 2.05) is 0 Å². The maximum atomic E-state index is 11.1. The molecule has 3 rings (SSSR count). The molecule has 1 aliphatic heterocycles. The maximum absolute atomic E-state index is 11.1. The lowest BCUT2D eigenvalue weighted by molar-refractivity contribution is 0.144. The summed E-state index contributed by atoms with van der Waals surface area (Å²) in [5, 5.41) is 0.615. The molecule has 0 spiro atoms. The van der Waals surface area contributed by atoms with Crippen LogP contribution < -0.4 is 11.3 Å². The van der Waals surface area contributed by atoms with Gasteiger partial charge in [0.05, 0.1) is 16.8 Å². The number of nitrogens with zero attached hydrogens (tertiary/aromatic N) is 1. The van der Waals surface area contributed by atoms with E-state index in [1.165, 1.54) is 43.3 Å². The topological polar surface area (TPSA) is 81.0 Å². The summed E-state index contributed by atoms with van der Waals surface area (Å²) in [5.41, 5.74) is 6.02. The molecule has 1 aliphatic rings. The molecule has 2 aromatic heterocycles. The van der Waals surface area contributed by atoms with E-state index in [-0.39, 0.29) is 5.56 Å². The van der Waals surface area contributed by atoms with E-state index >= 15 is 0 Å². The van der Waals surface area contributed by atoms with Crippen LogP contribution in [0.5, 0.6) is 0 Å². The number of aromatic nitrogens is 2. The summed E-state index contributed by atoms with van der Waals surface area (Å²) in [6.45, 7) is 2.00. The van der Waals surface area contributed by atoms with Crippen LogP contribution in [0.25, 0.3) is 10.2 Å². The van der Waals surface area contributed by atoms with E-state index in [0.29, 0.717) is 15.2 Å². The summed E-state index contributed by atoms with van der Waals surface area (Å²) >= 11 is 1.25. The number of anilines is 1. The molecule has 2 aromatic rings. The molecule has 0 amide bonds. The summed E-state index contributed by atoms with van der Waals surface area (Å²) in [7, 11) is 0. The van der Waals surface area contributed by atoms with Crippen molar-refractivity contribution in [1.29, 1.82) is 0 Å². The summed E-state index contributed by atoms with van der Waals surface area (Å²) in [4.78, 5) is 17.5. The Morgan fingerprint density at radius 1 is 1.28 bits per heavy atom. The Labute approximate surface area is 109 Å². The molecule has 0 aliphatic carbocycles. The molecule has 0 unspecified atom stereocenters. The number of nitrogens with two attached hydrogens (primary N) is 1. The molecule has 0 bridgehead atoms. The molecule has 5 nitrogen and oxygen atoms in total. The molecule has 3 N–H and O–H groups in total. The number of nitrogen functional groups attached to an aromatic ring is 1. The average molecular weight is 267 g/mol. The first-order valence-corrected chi connectivity index (χ1v) is 6.89. The summed E-state index contributed by atoms with van der Waals surface area (Å²) in [6.07, 6.45) is 6.68. The van der Waals surface area contributed by atoms with Crippen molar-refractivity contribution >= 4 is 26.6 Å². The van der Waals surface area contributed by atoms with Crippen LogP contribution >= 0.6 is 11.3 Å². The van der Waals surface area contributed by atoms with Gasteiger partial charge in [-0.2, -0.15) is 0 Å². The van der Waals surface area contributed by atoms with Gasteiger partial charge in [0.15, 0.2) is 0 Å².